The zero-order chi connectivity index (χ0) is 28.6. The Morgan fingerprint density at radius 3 is 2.13 bits per heavy atom. The minimum atomic E-state index is -0.870. The molecule has 0 aromatic heterocycles. The van der Waals surface area contributed by atoms with Crippen molar-refractivity contribution in [3.63, 3.8) is 0 Å². The van der Waals surface area contributed by atoms with Crippen LogP contribution in [0.4, 0.5) is 4.39 Å². The van der Waals surface area contributed by atoms with E-state index in [9.17, 15) is 14.3 Å². The van der Waals surface area contributed by atoms with Crippen LogP contribution in [0.1, 0.15) is 109 Å². The fourth-order valence-electron chi connectivity index (χ4n) is 5.88. The van der Waals surface area contributed by atoms with Crippen LogP contribution >= 0.6 is 0 Å². The van der Waals surface area contributed by atoms with Crippen molar-refractivity contribution in [3.8, 4) is 0 Å². The van der Waals surface area contributed by atoms with Crippen molar-refractivity contribution in [2.75, 3.05) is 13.6 Å². The normalized spacial score (nSPS) is 21.6. The van der Waals surface area contributed by atoms with Gasteiger partial charge in [-0.2, -0.15) is 0 Å². The summed E-state index contributed by atoms with van der Waals surface area (Å²) in [4.78, 5) is 14.0. The average Bonchev–Trinajstić information content (AvgIpc) is 3.21. The van der Waals surface area contributed by atoms with Crippen molar-refractivity contribution in [1.82, 2.24) is 4.90 Å². The molecule has 2 aromatic carbocycles. The quantitative estimate of drug-likeness (QED) is 0.381. The number of carboxylic acids is 1. The summed E-state index contributed by atoms with van der Waals surface area (Å²) in [6.07, 6.45) is 1.57. The standard InChI is InChI=1S/C33H48FNO3/c1-21(25-16-13-23(31(2,3)4)19-26(25)32(5,6)7)38-28-18-17-27(35(10)20-33(8,9)30(36)37)29(28)22-11-14-24(34)15-12-22/h11-16,19,21,27-29H,17-18,20H2,1-10H3,(H,36,37). The minimum Gasteiger partial charge on any atom is -0.481 e. The van der Waals surface area contributed by atoms with Crippen molar-refractivity contribution in [2.24, 2.45) is 5.41 Å². The van der Waals surface area contributed by atoms with Crippen LogP contribution in [0.3, 0.4) is 0 Å². The summed E-state index contributed by atoms with van der Waals surface area (Å²) in [7, 11) is 2.00. The Morgan fingerprint density at radius 2 is 1.61 bits per heavy atom. The van der Waals surface area contributed by atoms with Crippen LogP contribution in [0, 0.1) is 11.2 Å². The van der Waals surface area contributed by atoms with E-state index >= 15 is 0 Å². The van der Waals surface area contributed by atoms with E-state index in [2.05, 4.69) is 71.6 Å². The third-order valence-electron chi connectivity index (χ3n) is 8.15. The molecule has 1 aliphatic carbocycles. The van der Waals surface area contributed by atoms with Crippen molar-refractivity contribution in [2.45, 2.75) is 110 Å². The van der Waals surface area contributed by atoms with E-state index < -0.39 is 11.4 Å². The van der Waals surface area contributed by atoms with Crippen LogP contribution < -0.4 is 0 Å². The van der Waals surface area contributed by atoms with E-state index in [4.69, 9.17) is 4.74 Å². The second-order valence-electron chi connectivity index (χ2n) is 13.9. The third-order valence-corrected chi connectivity index (χ3v) is 8.15. The first-order valence-electron chi connectivity index (χ1n) is 13.9. The van der Waals surface area contributed by atoms with Gasteiger partial charge in [0.25, 0.3) is 0 Å². The maximum atomic E-state index is 13.8. The van der Waals surface area contributed by atoms with Crippen LogP contribution in [-0.4, -0.2) is 41.7 Å². The lowest BCUT2D eigenvalue weighted by atomic mass is 9.77. The molecular formula is C33H48FNO3. The lowest BCUT2D eigenvalue weighted by Crippen LogP contribution is -2.44. The summed E-state index contributed by atoms with van der Waals surface area (Å²) in [6.45, 7) is 19.5. The van der Waals surface area contributed by atoms with Crippen LogP contribution in [0.15, 0.2) is 42.5 Å². The molecule has 38 heavy (non-hydrogen) atoms. The Labute approximate surface area is 229 Å². The number of aliphatic carboxylic acids is 1. The Balaban J connectivity index is 1.94. The number of benzene rings is 2. The average molecular weight is 526 g/mol. The van der Waals surface area contributed by atoms with Crippen molar-refractivity contribution < 1.29 is 19.0 Å². The molecular weight excluding hydrogens is 477 g/mol. The molecule has 0 radical (unpaired) electrons. The highest BCUT2D eigenvalue weighted by Crippen LogP contribution is 2.43. The molecule has 1 N–H and O–H groups in total. The van der Waals surface area contributed by atoms with Gasteiger partial charge < -0.3 is 14.7 Å². The van der Waals surface area contributed by atoms with E-state index in [-0.39, 0.29) is 40.8 Å². The predicted octanol–water partition coefficient (Wildman–Crippen LogP) is 7.86. The fourth-order valence-corrected chi connectivity index (χ4v) is 5.88. The van der Waals surface area contributed by atoms with Gasteiger partial charge >= 0.3 is 5.97 Å². The fraction of sp³-hybridized carbons (Fsp3) is 0.606. The summed E-state index contributed by atoms with van der Waals surface area (Å²) < 4.78 is 20.7. The van der Waals surface area contributed by atoms with Gasteiger partial charge in [-0.25, -0.2) is 4.39 Å². The van der Waals surface area contributed by atoms with E-state index in [1.807, 2.05) is 19.2 Å². The number of hydrogen-bond acceptors (Lipinski definition) is 3. The molecule has 1 aliphatic rings. The number of rotatable bonds is 8. The Morgan fingerprint density at radius 1 is 1.00 bits per heavy atom. The zero-order valence-corrected chi connectivity index (χ0v) is 25.1. The molecule has 0 saturated heterocycles. The molecule has 2 aromatic rings. The van der Waals surface area contributed by atoms with Gasteiger partial charge in [-0.1, -0.05) is 71.9 Å². The molecule has 3 rings (SSSR count). The number of likely N-dealkylation sites (N-methyl/N-ethyl adjacent to an activating group) is 1. The smallest absolute Gasteiger partial charge is 0.310 e. The van der Waals surface area contributed by atoms with Crippen molar-refractivity contribution in [1.29, 1.82) is 0 Å². The highest BCUT2D eigenvalue weighted by atomic mass is 19.1. The lowest BCUT2D eigenvalue weighted by Gasteiger charge is -2.36. The molecule has 210 valence electrons. The molecule has 4 atom stereocenters. The van der Waals surface area contributed by atoms with Gasteiger partial charge in [0, 0.05) is 18.5 Å². The van der Waals surface area contributed by atoms with Gasteiger partial charge in [-0.05, 0) is 85.9 Å². The number of halogens is 1. The number of ether oxygens (including phenoxy) is 1. The summed E-state index contributed by atoms with van der Waals surface area (Å²) in [6, 6.07) is 13.6. The maximum absolute atomic E-state index is 13.8. The van der Waals surface area contributed by atoms with Gasteiger partial charge in [0.15, 0.2) is 0 Å². The van der Waals surface area contributed by atoms with Gasteiger partial charge in [-0.15, -0.1) is 0 Å². The second kappa shape index (κ2) is 11.1. The highest BCUT2D eigenvalue weighted by Gasteiger charge is 2.43. The Hall–Kier alpha value is -2.24. The third kappa shape index (κ3) is 6.84. The zero-order valence-electron chi connectivity index (χ0n) is 25.1. The first-order valence-corrected chi connectivity index (χ1v) is 13.9. The minimum absolute atomic E-state index is 0.0135. The number of carboxylic acid groups (broad SMARTS) is 1. The monoisotopic (exact) mass is 525 g/mol. The molecule has 0 heterocycles. The Kier molecular flexibility index (Phi) is 8.85. The molecule has 1 saturated carbocycles. The molecule has 0 amide bonds. The van der Waals surface area contributed by atoms with Crippen molar-refractivity contribution in [3.05, 3.63) is 70.5 Å². The van der Waals surface area contributed by atoms with Crippen molar-refractivity contribution >= 4 is 5.97 Å². The Bertz CT molecular complexity index is 1110. The largest absolute Gasteiger partial charge is 0.481 e. The van der Waals surface area contributed by atoms with E-state index in [0.717, 1.165) is 18.4 Å². The summed E-state index contributed by atoms with van der Waals surface area (Å²) in [5.74, 6) is -1.06. The maximum Gasteiger partial charge on any atom is 0.310 e. The molecule has 0 spiro atoms. The van der Waals surface area contributed by atoms with Gasteiger partial charge in [-0.3, -0.25) is 4.79 Å². The number of carbonyl (C=O) groups is 1. The topological polar surface area (TPSA) is 49.8 Å². The van der Waals surface area contributed by atoms with Gasteiger partial charge in [0.2, 0.25) is 0 Å². The second-order valence-corrected chi connectivity index (χ2v) is 13.9. The summed E-state index contributed by atoms with van der Waals surface area (Å²) in [5.41, 5.74) is 3.99. The van der Waals surface area contributed by atoms with Crippen LogP contribution in [0.2, 0.25) is 0 Å². The van der Waals surface area contributed by atoms with Crippen LogP contribution in [-0.2, 0) is 20.4 Å². The first-order chi connectivity index (χ1) is 17.4. The SMILES string of the molecule is CC(OC1CCC(N(C)CC(C)(C)C(=O)O)C1c1ccc(F)cc1)c1ccc(C(C)(C)C)cc1C(C)(C)C. The van der Waals surface area contributed by atoms with E-state index in [1.54, 1.807) is 13.8 Å². The van der Waals surface area contributed by atoms with Gasteiger partial charge in [0.1, 0.15) is 5.82 Å². The van der Waals surface area contributed by atoms with Crippen LogP contribution in [0.25, 0.3) is 0 Å². The van der Waals surface area contributed by atoms with E-state index in [1.165, 1.54) is 28.8 Å². The van der Waals surface area contributed by atoms with Crippen LogP contribution in [0.5, 0.6) is 0 Å². The molecule has 1 fully saturated rings. The summed E-state index contributed by atoms with van der Waals surface area (Å²) >= 11 is 0. The van der Waals surface area contributed by atoms with E-state index in [0.29, 0.717) is 6.54 Å². The predicted molar refractivity (Wildman–Crippen MR) is 153 cm³/mol. The molecule has 0 bridgehead atoms. The highest BCUT2D eigenvalue weighted by molar-refractivity contribution is 5.73. The molecule has 0 aliphatic heterocycles. The molecule has 4 unspecified atom stereocenters. The molecule has 4 nitrogen and oxygen atoms in total. The lowest BCUT2D eigenvalue weighted by molar-refractivity contribution is -0.148. The summed E-state index contributed by atoms with van der Waals surface area (Å²) in [5, 5.41) is 9.71. The first kappa shape index (κ1) is 30.3. The number of hydrogen-bond donors (Lipinski definition) is 1. The number of nitrogens with zero attached hydrogens (tertiary/aromatic N) is 1. The molecule has 5 heteroatoms. The van der Waals surface area contributed by atoms with Gasteiger partial charge in [0.05, 0.1) is 17.6 Å².